The summed E-state index contributed by atoms with van der Waals surface area (Å²) in [5.41, 5.74) is 8.65. The monoisotopic (exact) mass is 187 g/mol. The summed E-state index contributed by atoms with van der Waals surface area (Å²) in [5, 5.41) is 0. The predicted molar refractivity (Wildman–Crippen MR) is 57.0 cm³/mol. The van der Waals surface area contributed by atoms with E-state index in [-0.39, 0.29) is 0 Å². The Hall–Kier alpha value is -1.75. The van der Waals surface area contributed by atoms with E-state index in [9.17, 15) is 4.79 Å². The predicted octanol–water partition coefficient (Wildman–Crippen LogP) is 1.77. The second-order valence-corrected chi connectivity index (χ2v) is 3.17. The number of carbonyl (C=O) groups excluding carboxylic acids is 1. The van der Waals surface area contributed by atoms with Crippen molar-refractivity contribution < 1.29 is 4.79 Å². The molecule has 0 radical (unpaired) electrons. The number of aryl methyl sites for hydroxylation is 1. The highest BCUT2D eigenvalue weighted by molar-refractivity contribution is 5.96. The maximum Gasteiger partial charge on any atom is 0.249 e. The van der Waals surface area contributed by atoms with Crippen molar-refractivity contribution in [3.05, 3.63) is 34.4 Å². The van der Waals surface area contributed by atoms with Crippen LogP contribution in [-0.2, 0) is 0 Å². The van der Waals surface area contributed by atoms with Gasteiger partial charge in [-0.1, -0.05) is 12.0 Å². The fourth-order valence-corrected chi connectivity index (χ4v) is 1.31. The van der Waals surface area contributed by atoms with Gasteiger partial charge in [0, 0.05) is 5.56 Å². The number of hydrogen-bond acceptors (Lipinski definition) is 1. The van der Waals surface area contributed by atoms with Gasteiger partial charge in [0.1, 0.15) is 0 Å². The minimum atomic E-state index is -0.425. The van der Waals surface area contributed by atoms with Crippen molar-refractivity contribution in [2.45, 2.75) is 20.8 Å². The van der Waals surface area contributed by atoms with Gasteiger partial charge in [-0.25, -0.2) is 0 Å². The molecule has 0 aliphatic heterocycles. The first kappa shape index (κ1) is 10.3. The normalized spacial score (nSPS) is 9.07. The first-order valence-electron chi connectivity index (χ1n) is 4.40. The molecule has 0 bridgehead atoms. The molecule has 0 saturated carbocycles. The zero-order valence-electron chi connectivity index (χ0n) is 8.64. The van der Waals surface area contributed by atoms with Gasteiger partial charge in [-0.05, 0) is 38.0 Å². The Morgan fingerprint density at radius 2 is 2.00 bits per heavy atom. The first-order chi connectivity index (χ1) is 6.57. The summed E-state index contributed by atoms with van der Waals surface area (Å²) in [4.78, 5) is 11.1. The lowest BCUT2D eigenvalue weighted by Crippen LogP contribution is -2.13. The van der Waals surface area contributed by atoms with Crippen molar-refractivity contribution in [2.75, 3.05) is 0 Å². The van der Waals surface area contributed by atoms with Crippen LogP contribution in [-0.4, -0.2) is 5.91 Å². The van der Waals surface area contributed by atoms with Gasteiger partial charge in [-0.15, -0.1) is 5.92 Å². The Kier molecular flexibility index (Phi) is 2.93. The summed E-state index contributed by atoms with van der Waals surface area (Å²) < 4.78 is 0. The third-order valence-electron chi connectivity index (χ3n) is 2.25. The lowest BCUT2D eigenvalue weighted by Gasteiger charge is -2.06. The van der Waals surface area contributed by atoms with Gasteiger partial charge in [0.05, 0.1) is 5.56 Å². The lowest BCUT2D eigenvalue weighted by molar-refractivity contribution is 0.1000. The van der Waals surface area contributed by atoms with Crippen LogP contribution >= 0.6 is 0 Å². The van der Waals surface area contributed by atoms with E-state index in [0.717, 1.165) is 16.7 Å². The highest BCUT2D eigenvalue weighted by atomic mass is 16.1. The van der Waals surface area contributed by atoms with E-state index < -0.39 is 5.91 Å². The summed E-state index contributed by atoms with van der Waals surface area (Å²) in [6.07, 6.45) is 0. The minimum Gasteiger partial charge on any atom is -0.366 e. The Morgan fingerprint density at radius 3 is 2.50 bits per heavy atom. The molecule has 1 aromatic rings. The topological polar surface area (TPSA) is 43.1 Å². The fraction of sp³-hybridized carbons (Fsp3) is 0.250. The van der Waals surface area contributed by atoms with Crippen LogP contribution in [0.15, 0.2) is 12.1 Å². The number of carbonyl (C=O) groups is 1. The quantitative estimate of drug-likeness (QED) is 0.669. The van der Waals surface area contributed by atoms with Crippen LogP contribution in [0, 0.1) is 25.7 Å². The molecule has 0 unspecified atom stereocenters. The summed E-state index contributed by atoms with van der Waals surface area (Å²) >= 11 is 0. The number of nitrogens with two attached hydrogens (primary N) is 1. The van der Waals surface area contributed by atoms with Gasteiger partial charge < -0.3 is 5.73 Å². The molecule has 1 amide bonds. The number of benzene rings is 1. The Labute approximate surface area is 84.1 Å². The van der Waals surface area contributed by atoms with Crippen LogP contribution in [0.2, 0.25) is 0 Å². The molecular weight excluding hydrogens is 174 g/mol. The molecule has 0 aromatic heterocycles. The maximum absolute atomic E-state index is 11.1. The number of rotatable bonds is 1. The highest BCUT2D eigenvalue weighted by Gasteiger charge is 2.09. The van der Waals surface area contributed by atoms with E-state index in [1.54, 1.807) is 13.0 Å². The Bertz CT molecular complexity index is 436. The zero-order chi connectivity index (χ0) is 10.7. The second-order valence-electron chi connectivity index (χ2n) is 3.17. The molecule has 1 rings (SSSR count). The molecule has 0 aliphatic rings. The van der Waals surface area contributed by atoms with Crippen LogP contribution in [0.5, 0.6) is 0 Å². The molecule has 2 N–H and O–H groups in total. The third-order valence-corrected chi connectivity index (χ3v) is 2.25. The molecule has 72 valence electrons. The highest BCUT2D eigenvalue weighted by Crippen LogP contribution is 2.16. The van der Waals surface area contributed by atoms with Crippen molar-refractivity contribution in [3.63, 3.8) is 0 Å². The summed E-state index contributed by atoms with van der Waals surface area (Å²) in [5.74, 6) is 5.28. The molecule has 2 nitrogen and oxygen atoms in total. The minimum absolute atomic E-state index is 0.425. The molecule has 0 spiro atoms. The molecule has 1 aromatic carbocycles. The average Bonchev–Trinajstić information content (AvgIpc) is 2.13. The van der Waals surface area contributed by atoms with Crippen molar-refractivity contribution in [2.24, 2.45) is 5.73 Å². The maximum atomic E-state index is 11.1. The SMILES string of the molecule is CC#Cc1c(C(N)=O)ccc(C)c1C. The molecular formula is C12H13NO. The van der Waals surface area contributed by atoms with Gasteiger partial charge in [0.2, 0.25) is 5.91 Å². The molecule has 0 atom stereocenters. The molecule has 0 aliphatic carbocycles. The van der Waals surface area contributed by atoms with Crippen LogP contribution in [0.4, 0.5) is 0 Å². The van der Waals surface area contributed by atoms with Gasteiger partial charge in [0.25, 0.3) is 0 Å². The third kappa shape index (κ3) is 1.77. The van der Waals surface area contributed by atoms with Gasteiger partial charge in [-0.3, -0.25) is 4.79 Å². The van der Waals surface area contributed by atoms with E-state index in [1.165, 1.54) is 0 Å². The largest absolute Gasteiger partial charge is 0.366 e. The standard InChI is InChI=1S/C12H13NO/c1-4-5-10-9(3)8(2)6-7-11(10)12(13)14/h6-7H,1-3H3,(H2,13,14). The summed E-state index contributed by atoms with van der Waals surface area (Å²) in [6.45, 7) is 5.68. The van der Waals surface area contributed by atoms with Gasteiger partial charge in [0.15, 0.2) is 0 Å². The van der Waals surface area contributed by atoms with Crippen molar-refractivity contribution in [1.29, 1.82) is 0 Å². The van der Waals surface area contributed by atoms with Crippen LogP contribution < -0.4 is 5.73 Å². The fourth-order valence-electron chi connectivity index (χ4n) is 1.31. The van der Waals surface area contributed by atoms with Crippen molar-refractivity contribution in [3.8, 4) is 11.8 Å². The van der Waals surface area contributed by atoms with Crippen LogP contribution in [0.25, 0.3) is 0 Å². The van der Waals surface area contributed by atoms with Gasteiger partial charge >= 0.3 is 0 Å². The van der Waals surface area contributed by atoms with E-state index in [1.807, 2.05) is 19.9 Å². The second kappa shape index (κ2) is 3.97. The smallest absolute Gasteiger partial charge is 0.249 e. The lowest BCUT2D eigenvalue weighted by atomic mass is 9.97. The number of hydrogen-bond donors (Lipinski definition) is 1. The van der Waals surface area contributed by atoms with Gasteiger partial charge in [-0.2, -0.15) is 0 Å². The van der Waals surface area contributed by atoms with E-state index in [0.29, 0.717) is 5.56 Å². The average molecular weight is 187 g/mol. The van der Waals surface area contributed by atoms with E-state index in [2.05, 4.69) is 11.8 Å². The molecule has 0 saturated heterocycles. The molecule has 2 heteroatoms. The van der Waals surface area contributed by atoms with E-state index >= 15 is 0 Å². The molecule has 0 heterocycles. The van der Waals surface area contributed by atoms with Crippen LogP contribution in [0.3, 0.4) is 0 Å². The number of primary amides is 1. The molecule has 14 heavy (non-hydrogen) atoms. The van der Waals surface area contributed by atoms with E-state index in [4.69, 9.17) is 5.73 Å². The van der Waals surface area contributed by atoms with Crippen molar-refractivity contribution in [1.82, 2.24) is 0 Å². The summed E-state index contributed by atoms with van der Waals surface area (Å²) in [7, 11) is 0. The summed E-state index contributed by atoms with van der Waals surface area (Å²) in [6, 6.07) is 3.61. The number of amides is 1. The zero-order valence-corrected chi connectivity index (χ0v) is 8.64. The Morgan fingerprint density at radius 1 is 1.36 bits per heavy atom. The van der Waals surface area contributed by atoms with Crippen molar-refractivity contribution >= 4 is 5.91 Å². The van der Waals surface area contributed by atoms with Crippen LogP contribution in [0.1, 0.15) is 34.0 Å². The Balaban J connectivity index is 3.50. The first-order valence-corrected chi connectivity index (χ1v) is 4.40. The molecule has 0 fully saturated rings.